The van der Waals surface area contributed by atoms with Gasteiger partial charge in [-0.1, -0.05) is 32.4 Å². The normalized spacial score (nSPS) is 19.4. The minimum atomic E-state index is -0.650. The van der Waals surface area contributed by atoms with Crippen LogP contribution >= 0.6 is 11.6 Å². The molecule has 3 heterocycles. The van der Waals surface area contributed by atoms with Crippen molar-refractivity contribution >= 4 is 35.1 Å². The number of rotatable bonds is 6. The summed E-state index contributed by atoms with van der Waals surface area (Å²) in [7, 11) is 1.98. The average Bonchev–Trinajstić information content (AvgIpc) is 3.33. The Morgan fingerprint density at radius 2 is 1.78 bits per heavy atom. The first kappa shape index (κ1) is 26.1. The molecule has 0 saturated carbocycles. The van der Waals surface area contributed by atoms with E-state index in [1.54, 1.807) is 24.3 Å². The molecule has 4 rings (SSSR count). The Balaban J connectivity index is 1.26. The molecule has 1 aromatic rings. The van der Waals surface area contributed by atoms with Gasteiger partial charge in [0.15, 0.2) is 0 Å². The zero-order valence-electron chi connectivity index (χ0n) is 21.6. The van der Waals surface area contributed by atoms with Crippen LogP contribution in [0.3, 0.4) is 0 Å². The SMILES string of the molecule is CN1C=C2C(=O)N(CCC3CCN(C(=O)C(NC(=O)Nc4ccc(Cl)cc4)C(C)(C)C)CC3)CN2C1. The van der Waals surface area contributed by atoms with E-state index in [9.17, 15) is 14.4 Å². The first-order chi connectivity index (χ1) is 17.0. The molecule has 1 atom stereocenters. The van der Waals surface area contributed by atoms with Crippen molar-refractivity contribution in [3.63, 3.8) is 0 Å². The molecule has 0 bridgehead atoms. The fourth-order valence-electron chi connectivity index (χ4n) is 5.04. The van der Waals surface area contributed by atoms with Crippen molar-refractivity contribution in [1.29, 1.82) is 0 Å². The van der Waals surface area contributed by atoms with Crippen LogP contribution in [0.15, 0.2) is 36.2 Å². The average molecular weight is 517 g/mol. The smallest absolute Gasteiger partial charge is 0.319 e. The molecule has 0 radical (unpaired) electrons. The number of hydrogen-bond acceptors (Lipinski definition) is 5. The fourth-order valence-corrected chi connectivity index (χ4v) is 5.16. The molecule has 0 spiro atoms. The lowest BCUT2D eigenvalue weighted by molar-refractivity contribution is -0.137. The lowest BCUT2D eigenvalue weighted by Crippen LogP contribution is -2.56. The van der Waals surface area contributed by atoms with Crippen molar-refractivity contribution in [2.45, 2.75) is 46.1 Å². The standard InChI is InChI=1S/C26H37ClN6O3/c1-26(2,3)22(29-25(36)28-20-7-5-19(27)6-8-20)24(35)31-12-9-18(10-13-31)11-14-32-17-33-16-30(4)15-21(33)23(32)34/h5-8,15,18,22H,9-14,16-17H2,1-4H3,(H2,28,29,36). The summed E-state index contributed by atoms with van der Waals surface area (Å²) < 4.78 is 0. The van der Waals surface area contributed by atoms with Gasteiger partial charge in [-0.2, -0.15) is 0 Å². The van der Waals surface area contributed by atoms with Crippen LogP contribution in [0, 0.1) is 11.3 Å². The molecule has 0 aromatic heterocycles. The highest BCUT2D eigenvalue weighted by Crippen LogP contribution is 2.28. The number of hydrogen-bond donors (Lipinski definition) is 2. The van der Waals surface area contributed by atoms with Crippen LogP contribution in [0.4, 0.5) is 10.5 Å². The quantitative estimate of drug-likeness (QED) is 0.605. The highest BCUT2D eigenvalue weighted by atomic mass is 35.5. The number of piperidine rings is 1. The van der Waals surface area contributed by atoms with Crippen molar-refractivity contribution in [1.82, 2.24) is 24.9 Å². The predicted octanol–water partition coefficient (Wildman–Crippen LogP) is 3.35. The number of amides is 4. The summed E-state index contributed by atoms with van der Waals surface area (Å²) in [6.45, 7) is 9.34. The minimum absolute atomic E-state index is 0.0568. The molecule has 0 aliphatic carbocycles. The van der Waals surface area contributed by atoms with Gasteiger partial charge in [-0.15, -0.1) is 0 Å². The molecule has 9 nitrogen and oxygen atoms in total. The third kappa shape index (κ3) is 6.06. The molecule has 1 unspecified atom stereocenters. The van der Waals surface area contributed by atoms with E-state index in [-0.39, 0.29) is 11.8 Å². The lowest BCUT2D eigenvalue weighted by Gasteiger charge is -2.38. The number of carbonyl (C=O) groups is 3. The van der Waals surface area contributed by atoms with E-state index >= 15 is 0 Å². The van der Waals surface area contributed by atoms with Crippen molar-refractivity contribution in [2.75, 3.05) is 45.3 Å². The number of urea groups is 1. The lowest BCUT2D eigenvalue weighted by atomic mass is 9.85. The molecule has 1 aromatic carbocycles. The van der Waals surface area contributed by atoms with Crippen LogP contribution in [0.25, 0.3) is 0 Å². The Morgan fingerprint density at radius 3 is 2.39 bits per heavy atom. The van der Waals surface area contributed by atoms with E-state index < -0.39 is 17.5 Å². The number of likely N-dealkylation sites (tertiary alicyclic amines) is 1. The highest BCUT2D eigenvalue weighted by molar-refractivity contribution is 6.30. The molecule has 4 amide bonds. The van der Waals surface area contributed by atoms with Crippen molar-refractivity contribution in [3.05, 3.63) is 41.2 Å². The number of anilines is 1. The maximum atomic E-state index is 13.4. The van der Waals surface area contributed by atoms with Gasteiger partial charge >= 0.3 is 6.03 Å². The van der Waals surface area contributed by atoms with Gasteiger partial charge in [0.25, 0.3) is 5.91 Å². The summed E-state index contributed by atoms with van der Waals surface area (Å²) >= 11 is 5.91. The Morgan fingerprint density at radius 1 is 1.11 bits per heavy atom. The van der Waals surface area contributed by atoms with Crippen LogP contribution in [-0.2, 0) is 9.59 Å². The van der Waals surface area contributed by atoms with Crippen molar-refractivity contribution < 1.29 is 14.4 Å². The Hall–Kier alpha value is -2.94. The van der Waals surface area contributed by atoms with Gasteiger partial charge in [-0.3, -0.25) is 9.59 Å². The third-order valence-corrected chi connectivity index (χ3v) is 7.40. The second kappa shape index (κ2) is 10.6. The minimum Gasteiger partial charge on any atom is -0.361 e. The fraction of sp³-hybridized carbons (Fsp3) is 0.577. The van der Waals surface area contributed by atoms with E-state index in [2.05, 4.69) is 15.5 Å². The van der Waals surface area contributed by atoms with Gasteiger partial charge in [0, 0.05) is 43.6 Å². The largest absolute Gasteiger partial charge is 0.361 e. The molecule has 2 N–H and O–H groups in total. The van der Waals surface area contributed by atoms with Gasteiger partial charge in [0.05, 0.1) is 13.3 Å². The Kier molecular flexibility index (Phi) is 7.68. The number of benzene rings is 1. The number of halogens is 1. The Bertz CT molecular complexity index is 1010. The molecule has 2 saturated heterocycles. The molecule has 10 heteroatoms. The zero-order chi connectivity index (χ0) is 26.0. The Labute approximate surface area is 218 Å². The number of fused-ring (bicyclic) bond motifs is 1. The monoisotopic (exact) mass is 516 g/mol. The summed E-state index contributed by atoms with van der Waals surface area (Å²) in [5.41, 5.74) is 0.953. The predicted molar refractivity (Wildman–Crippen MR) is 140 cm³/mol. The van der Waals surface area contributed by atoms with E-state index in [1.807, 2.05) is 48.7 Å². The summed E-state index contributed by atoms with van der Waals surface area (Å²) in [4.78, 5) is 46.6. The summed E-state index contributed by atoms with van der Waals surface area (Å²) in [5.74, 6) is 0.532. The molecular weight excluding hydrogens is 480 g/mol. The van der Waals surface area contributed by atoms with Crippen LogP contribution in [0.5, 0.6) is 0 Å². The van der Waals surface area contributed by atoms with Gasteiger partial charge in [0.2, 0.25) is 5.91 Å². The third-order valence-electron chi connectivity index (χ3n) is 7.15. The number of carbonyl (C=O) groups excluding carboxylic acids is 3. The van der Waals surface area contributed by atoms with Gasteiger partial charge in [-0.05, 0) is 54.9 Å². The summed E-state index contributed by atoms with van der Waals surface area (Å²) in [6.07, 6.45) is 4.66. The molecule has 196 valence electrons. The molecular formula is C26H37ClN6O3. The van der Waals surface area contributed by atoms with E-state index in [4.69, 9.17) is 11.6 Å². The molecule has 2 fully saturated rings. The van der Waals surface area contributed by atoms with Crippen LogP contribution in [0.1, 0.15) is 40.0 Å². The van der Waals surface area contributed by atoms with Crippen LogP contribution in [-0.4, -0.2) is 83.5 Å². The summed E-state index contributed by atoms with van der Waals surface area (Å²) in [5, 5.41) is 6.25. The number of nitrogens with one attached hydrogen (secondary N) is 2. The first-order valence-corrected chi connectivity index (χ1v) is 13.0. The molecule has 36 heavy (non-hydrogen) atoms. The zero-order valence-corrected chi connectivity index (χ0v) is 22.3. The van der Waals surface area contributed by atoms with Crippen LogP contribution in [0.2, 0.25) is 5.02 Å². The molecule has 3 aliphatic heterocycles. The van der Waals surface area contributed by atoms with Crippen molar-refractivity contribution in [2.24, 2.45) is 11.3 Å². The maximum absolute atomic E-state index is 13.4. The van der Waals surface area contributed by atoms with Crippen LogP contribution < -0.4 is 10.6 Å². The van der Waals surface area contributed by atoms with E-state index in [0.717, 1.165) is 38.2 Å². The maximum Gasteiger partial charge on any atom is 0.319 e. The highest BCUT2D eigenvalue weighted by Gasteiger charge is 2.38. The van der Waals surface area contributed by atoms with Gasteiger partial charge in [-0.25, -0.2) is 4.79 Å². The second-order valence-corrected chi connectivity index (χ2v) is 11.6. The topological polar surface area (TPSA) is 88.2 Å². The molecule has 3 aliphatic rings. The number of nitrogens with zero attached hydrogens (tertiary/aromatic N) is 4. The van der Waals surface area contributed by atoms with Gasteiger partial charge < -0.3 is 30.2 Å². The first-order valence-electron chi connectivity index (χ1n) is 12.6. The van der Waals surface area contributed by atoms with E-state index in [1.165, 1.54) is 0 Å². The van der Waals surface area contributed by atoms with E-state index in [0.29, 0.717) is 36.4 Å². The second-order valence-electron chi connectivity index (χ2n) is 11.1. The summed E-state index contributed by atoms with van der Waals surface area (Å²) in [6, 6.07) is 5.77. The van der Waals surface area contributed by atoms with Gasteiger partial charge in [0.1, 0.15) is 11.7 Å². The van der Waals surface area contributed by atoms with Crippen molar-refractivity contribution in [3.8, 4) is 0 Å².